The largest absolute Gasteiger partial charge is 0.291 e. The third kappa shape index (κ3) is 2.47. The van der Waals surface area contributed by atoms with E-state index in [2.05, 4.69) is 34.6 Å². The summed E-state index contributed by atoms with van der Waals surface area (Å²) < 4.78 is 0. The number of hydrogen-bond donors (Lipinski definition) is 0. The minimum atomic E-state index is -0.425. The van der Waals surface area contributed by atoms with Gasteiger partial charge in [0.1, 0.15) is 0 Å². The van der Waals surface area contributed by atoms with E-state index in [0.717, 1.165) is 19.3 Å². The van der Waals surface area contributed by atoms with Gasteiger partial charge in [0.25, 0.3) is 0 Å². The molecule has 22 heavy (non-hydrogen) atoms. The van der Waals surface area contributed by atoms with Gasteiger partial charge in [-0.25, -0.2) is 0 Å². The highest BCUT2D eigenvalue weighted by molar-refractivity contribution is 6.40. The highest BCUT2D eigenvalue weighted by atomic mass is 16.2. The van der Waals surface area contributed by atoms with E-state index >= 15 is 0 Å². The molecule has 2 heteroatoms. The van der Waals surface area contributed by atoms with Crippen LogP contribution in [0.25, 0.3) is 0 Å². The first-order valence-electron chi connectivity index (χ1n) is 9.28. The van der Waals surface area contributed by atoms with Gasteiger partial charge in [0.2, 0.25) is 11.6 Å². The van der Waals surface area contributed by atoms with Gasteiger partial charge in [-0.2, -0.15) is 0 Å². The van der Waals surface area contributed by atoms with Crippen LogP contribution < -0.4 is 0 Å². The monoisotopic (exact) mass is 306 g/mol. The molecule has 0 aromatic carbocycles. The van der Waals surface area contributed by atoms with E-state index in [-0.39, 0.29) is 22.9 Å². The van der Waals surface area contributed by atoms with Crippen molar-refractivity contribution in [2.75, 3.05) is 0 Å². The summed E-state index contributed by atoms with van der Waals surface area (Å²) in [5, 5.41) is 0. The highest BCUT2D eigenvalue weighted by Gasteiger charge is 2.62. The van der Waals surface area contributed by atoms with Crippen LogP contribution in [0.2, 0.25) is 0 Å². The Balaban J connectivity index is 2.38. The number of fused-ring (bicyclic) bond motifs is 1. The maximum Gasteiger partial charge on any atom is 0.205 e. The lowest BCUT2D eigenvalue weighted by molar-refractivity contribution is -0.170. The fourth-order valence-electron chi connectivity index (χ4n) is 5.18. The Morgan fingerprint density at radius 3 is 2.41 bits per heavy atom. The number of rotatable bonds is 4. The van der Waals surface area contributed by atoms with Gasteiger partial charge in [-0.05, 0) is 42.4 Å². The summed E-state index contributed by atoms with van der Waals surface area (Å²) in [7, 11) is 0. The Hall–Kier alpha value is -0.660. The molecular weight excluding hydrogens is 272 g/mol. The van der Waals surface area contributed by atoms with E-state index in [9.17, 15) is 9.59 Å². The maximum absolute atomic E-state index is 12.8. The quantitative estimate of drug-likeness (QED) is 0.681. The van der Waals surface area contributed by atoms with Crippen molar-refractivity contribution in [2.45, 2.75) is 80.1 Å². The van der Waals surface area contributed by atoms with Gasteiger partial charge in [-0.15, -0.1) is 0 Å². The molecule has 0 N–H and O–H groups in total. The first-order valence-corrected chi connectivity index (χ1v) is 9.28. The van der Waals surface area contributed by atoms with Crippen molar-refractivity contribution in [3.05, 3.63) is 0 Å². The minimum absolute atomic E-state index is 0.0160. The molecule has 2 saturated carbocycles. The topological polar surface area (TPSA) is 34.1 Å². The minimum Gasteiger partial charge on any atom is -0.291 e. The van der Waals surface area contributed by atoms with Gasteiger partial charge in [0, 0.05) is 11.3 Å². The molecule has 0 saturated heterocycles. The second-order valence-electron chi connectivity index (χ2n) is 8.64. The van der Waals surface area contributed by atoms with Crippen LogP contribution in [-0.4, -0.2) is 11.6 Å². The van der Waals surface area contributed by atoms with Crippen LogP contribution in [0.15, 0.2) is 0 Å². The molecular formula is C20H34O2. The molecule has 2 fully saturated rings. The third-order valence-electron chi connectivity index (χ3n) is 7.64. The summed E-state index contributed by atoms with van der Waals surface area (Å²) in [6.45, 7) is 13.1. The normalized spacial score (nSPS) is 43.8. The molecule has 0 aromatic rings. The zero-order valence-corrected chi connectivity index (χ0v) is 15.4. The Kier molecular flexibility index (Phi) is 4.90. The average molecular weight is 306 g/mol. The second kappa shape index (κ2) is 6.09. The van der Waals surface area contributed by atoms with Crippen LogP contribution in [0.4, 0.5) is 0 Å². The van der Waals surface area contributed by atoms with Crippen LogP contribution in [0, 0.1) is 34.5 Å². The van der Waals surface area contributed by atoms with Crippen LogP contribution in [0.3, 0.4) is 0 Å². The molecule has 2 rings (SSSR count). The van der Waals surface area contributed by atoms with Crippen molar-refractivity contribution < 1.29 is 9.59 Å². The van der Waals surface area contributed by atoms with E-state index in [0.29, 0.717) is 17.8 Å². The molecule has 126 valence electrons. The number of ketones is 2. The summed E-state index contributed by atoms with van der Waals surface area (Å²) in [4.78, 5) is 25.5. The number of hydrogen-bond acceptors (Lipinski definition) is 2. The van der Waals surface area contributed by atoms with Crippen molar-refractivity contribution >= 4 is 11.6 Å². The summed E-state index contributed by atoms with van der Waals surface area (Å²) in [6.07, 6.45) is 6.84. The second-order valence-corrected chi connectivity index (χ2v) is 8.64. The van der Waals surface area contributed by atoms with E-state index in [1.54, 1.807) is 0 Å². The number of Topliss-reactive ketones (excluding diaryl/α,β-unsaturated/α-hetero) is 2. The first-order chi connectivity index (χ1) is 10.2. The highest BCUT2D eigenvalue weighted by Crippen LogP contribution is 2.60. The van der Waals surface area contributed by atoms with Gasteiger partial charge in [-0.3, -0.25) is 9.59 Å². The van der Waals surface area contributed by atoms with E-state index in [1.165, 1.54) is 19.3 Å². The molecule has 2 nitrogen and oxygen atoms in total. The van der Waals surface area contributed by atoms with Crippen LogP contribution in [-0.2, 0) is 9.59 Å². The van der Waals surface area contributed by atoms with Crippen molar-refractivity contribution in [1.29, 1.82) is 0 Å². The molecule has 0 heterocycles. The molecule has 0 spiro atoms. The average Bonchev–Trinajstić information content (AvgIpc) is 2.51. The standard InChI is InChI=1S/C20H34O2/c1-7-13(2)11-12-19(5)15(4)17(21)18(22)20(6)14(3)9-8-10-16(19)20/h13-16H,7-12H2,1-6H3/t13?,14-,15+,16+,19-,20-/m0/s1. The summed E-state index contributed by atoms with van der Waals surface area (Å²) in [5.74, 6) is 1.11. The molecule has 6 atom stereocenters. The maximum atomic E-state index is 12.8. The number of carbonyl (C=O) groups excluding carboxylic acids is 2. The fourth-order valence-corrected chi connectivity index (χ4v) is 5.18. The van der Waals surface area contributed by atoms with Crippen molar-refractivity contribution in [3.8, 4) is 0 Å². The van der Waals surface area contributed by atoms with Gasteiger partial charge in [-0.1, -0.05) is 60.8 Å². The molecule has 0 radical (unpaired) electrons. The summed E-state index contributed by atoms with van der Waals surface area (Å²) >= 11 is 0. The van der Waals surface area contributed by atoms with E-state index < -0.39 is 5.41 Å². The zero-order valence-electron chi connectivity index (χ0n) is 15.4. The van der Waals surface area contributed by atoms with Crippen molar-refractivity contribution in [3.63, 3.8) is 0 Å². The van der Waals surface area contributed by atoms with Crippen LogP contribution in [0.1, 0.15) is 80.1 Å². The van der Waals surface area contributed by atoms with E-state index in [4.69, 9.17) is 0 Å². The summed E-state index contributed by atoms with van der Waals surface area (Å²) in [5.41, 5.74) is -0.441. The SMILES string of the molecule is CCC(C)CC[C@@]1(C)[C@H](C)C(=O)C(=O)[C@]2(C)[C@@H]1CCC[C@@H]2C. The smallest absolute Gasteiger partial charge is 0.205 e. The van der Waals surface area contributed by atoms with Crippen LogP contribution >= 0.6 is 0 Å². The lowest BCUT2D eigenvalue weighted by Crippen LogP contribution is -2.61. The predicted octanol–water partition coefficient (Wildman–Crippen LogP) is 5.05. The Labute approximate surface area is 136 Å². The Morgan fingerprint density at radius 1 is 1.18 bits per heavy atom. The predicted molar refractivity (Wildman–Crippen MR) is 90.6 cm³/mol. The molecule has 0 bridgehead atoms. The third-order valence-corrected chi connectivity index (χ3v) is 7.64. The molecule has 0 aliphatic heterocycles. The van der Waals surface area contributed by atoms with Gasteiger partial charge in [0.05, 0.1) is 0 Å². The molecule has 2 aliphatic carbocycles. The lowest BCUT2D eigenvalue weighted by atomic mass is 9.44. The van der Waals surface area contributed by atoms with Gasteiger partial charge in [0.15, 0.2) is 0 Å². The number of carbonyl (C=O) groups is 2. The van der Waals surface area contributed by atoms with E-state index in [1.807, 2.05) is 6.92 Å². The molecule has 2 aliphatic rings. The van der Waals surface area contributed by atoms with Crippen LogP contribution in [0.5, 0.6) is 0 Å². The Morgan fingerprint density at radius 2 is 1.82 bits per heavy atom. The lowest BCUT2D eigenvalue weighted by Gasteiger charge is -2.58. The van der Waals surface area contributed by atoms with Crippen molar-refractivity contribution in [2.24, 2.45) is 34.5 Å². The van der Waals surface area contributed by atoms with Crippen molar-refractivity contribution in [1.82, 2.24) is 0 Å². The zero-order chi connectivity index (χ0) is 16.7. The summed E-state index contributed by atoms with van der Waals surface area (Å²) in [6, 6.07) is 0. The van der Waals surface area contributed by atoms with Gasteiger partial charge < -0.3 is 0 Å². The van der Waals surface area contributed by atoms with Gasteiger partial charge >= 0.3 is 0 Å². The molecule has 0 aromatic heterocycles. The molecule has 0 amide bonds. The molecule has 1 unspecified atom stereocenters. The Bertz CT molecular complexity index is 455. The first kappa shape index (κ1) is 17.7. The fraction of sp³-hybridized carbons (Fsp3) is 0.900.